The molecule has 2 amide bonds. The van der Waals surface area contributed by atoms with Gasteiger partial charge in [0.05, 0.1) is 19.4 Å². The van der Waals surface area contributed by atoms with Gasteiger partial charge in [-0.25, -0.2) is 0 Å². The third-order valence-corrected chi connectivity index (χ3v) is 2.66. The van der Waals surface area contributed by atoms with Crippen molar-refractivity contribution < 1.29 is 18.7 Å². The lowest BCUT2D eigenvalue weighted by atomic mass is 10.3. The SMILES string of the molecule is COCCN(CCC(=O)NCc1ccco1)C(C)=O. The first-order valence-electron chi connectivity index (χ1n) is 6.17. The highest BCUT2D eigenvalue weighted by Crippen LogP contribution is 1.99. The van der Waals surface area contributed by atoms with Crippen LogP contribution in [-0.4, -0.2) is 43.5 Å². The van der Waals surface area contributed by atoms with Crippen LogP contribution in [0.3, 0.4) is 0 Å². The molecule has 0 radical (unpaired) electrons. The second kappa shape index (κ2) is 8.31. The first-order chi connectivity index (χ1) is 9.13. The number of nitrogens with zero attached hydrogens (tertiary/aromatic N) is 1. The molecule has 0 fully saturated rings. The molecule has 6 nitrogen and oxygen atoms in total. The van der Waals surface area contributed by atoms with E-state index in [4.69, 9.17) is 9.15 Å². The van der Waals surface area contributed by atoms with Crippen LogP contribution in [0, 0.1) is 0 Å². The molecule has 1 heterocycles. The van der Waals surface area contributed by atoms with Gasteiger partial charge in [-0.15, -0.1) is 0 Å². The zero-order valence-electron chi connectivity index (χ0n) is 11.3. The maximum absolute atomic E-state index is 11.6. The van der Waals surface area contributed by atoms with E-state index in [1.165, 1.54) is 6.92 Å². The van der Waals surface area contributed by atoms with E-state index in [0.717, 1.165) is 0 Å². The first-order valence-corrected chi connectivity index (χ1v) is 6.17. The number of nitrogens with one attached hydrogen (secondary N) is 1. The maximum atomic E-state index is 11.6. The predicted octanol–water partition coefficient (Wildman–Crippen LogP) is 0.781. The van der Waals surface area contributed by atoms with E-state index < -0.39 is 0 Å². The van der Waals surface area contributed by atoms with Gasteiger partial charge in [0.2, 0.25) is 11.8 Å². The summed E-state index contributed by atoms with van der Waals surface area (Å²) in [5.41, 5.74) is 0. The number of carbonyl (C=O) groups excluding carboxylic acids is 2. The Hall–Kier alpha value is -1.82. The minimum absolute atomic E-state index is 0.0594. The summed E-state index contributed by atoms with van der Waals surface area (Å²) >= 11 is 0. The Labute approximate surface area is 112 Å². The van der Waals surface area contributed by atoms with Crippen molar-refractivity contribution in [3.05, 3.63) is 24.2 Å². The summed E-state index contributed by atoms with van der Waals surface area (Å²) in [7, 11) is 1.58. The van der Waals surface area contributed by atoms with Gasteiger partial charge in [-0.05, 0) is 12.1 Å². The molecular weight excluding hydrogens is 248 g/mol. The van der Waals surface area contributed by atoms with E-state index in [0.29, 0.717) is 32.0 Å². The highest BCUT2D eigenvalue weighted by molar-refractivity contribution is 5.77. The second-order valence-electron chi connectivity index (χ2n) is 4.10. The highest BCUT2D eigenvalue weighted by atomic mass is 16.5. The van der Waals surface area contributed by atoms with E-state index in [-0.39, 0.29) is 18.2 Å². The van der Waals surface area contributed by atoms with Gasteiger partial charge in [0.15, 0.2) is 0 Å². The molecule has 6 heteroatoms. The highest BCUT2D eigenvalue weighted by Gasteiger charge is 2.10. The van der Waals surface area contributed by atoms with Gasteiger partial charge in [0.1, 0.15) is 5.76 Å². The van der Waals surface area contributed by atoms with Gasteiger partial charge in [-0.2, -0.15) is 0 Å². The van der Waals surface area contributed by atoms with Crippen LogP contribution >= 0.6 is 0 Å². The van der Waals surface area contributed by atoms with Crippen molar-refractivity contribution in [1.82, 2.24) is 10.2 Å². The first kappa shape index (κ1) is 15.2. The summed E-state index contributed by atoms with van der Waals surface area (Å²) < 4.78 is 10.0. The summed E-state index contributed by atoms with van der Waals surface area (Å²) in [4.78, 5) is 24.5. The fourth-order valence-electron chi connectivity index (χ4n) is 1.55. The van der Waals surface area contributed by atoms with E-state index in [1.54, 1.807) is 30.4 Å². The van der Waals surface area contributed by atoms with Crippen molar-refractivity contribution in [3.63, 3.8) is 0 Å². The molecule has 1 aromatic rings. The second-order valence-corrected chi connectivity index (χ2v) is 4.10. The lowest BCUT2D eigenvalue weighted by Gasteiger charge is -2.20. The van der Waals surface area contributed by atoms with Crippen molar-refractivity contribution in [3.8, 4) is 0 Å². The molecule has 1 N–H and O–H groups in total. The molecule has 0 saturated heterocycles. The molecule has 1 aromatic heterocycles. The molecule has 0 atom stereocenters. The molecule has 1 rings (SSSR count). The number of carbonyl (C=O) groups is 2. The number of amides is 2. The fourth-order valence-corrected chi connectivity index (χ4v) is 1.55. The molecule has 0 spiro atoms. The van der Waals surface area contributed by atoms with Crippen LogP contribution in [0.25, 0.3) is 0 Å². The smallest absolute Gasteiger partial charge is 0.222 e. The summed E-state index contributed by atoms with van der Waals surface area (Å²) in [6, 6.07) is 3.56. The van der Waals surface area contributed by atoms with Crippen molar-refractivity contribution >= 4 is 11.8 Å². The summed E-state index contributed by atoms with van der Waals surface area (Å²) in [6.45, 7) is 3.20. The van der Waals surface area contributed by atoms with Gasteiger partial charge >= 0.3 is 0 Å². The zero-order chi connectivity index (χ0) is 14.1. The topological polar surface area (TPSA) is 71.8 Å². The van der Waals surface area contributed by atoms with Crippen LogP contribution in [-0.2, 0) is 20.9 Å². The average Bonchev–Trinajstić information content (AvgIpc) is 2.89. The van der Waals surface area contributed by atoms with Gasteiger partial charge in [0, 0.05) is 33.5 Å². The molecule has 0 unspecified atom stereocenters. The van der Waals surface area contributed by atoms with Crippen LogP contribution < -0.4 is 5.32 Å². The zero-order valence-corrected chi connectivity index (χ0v) is 11.3. The molecule has 0 bridgehead atoms. The third kappa shape index (κ3) is 6.05. The van der Waals surface area contributed by atoms with Crippen molar-refractivity contribution in [1.29, 1.82) is 0 Å². The summed E-state index contributed by atoms with van der Waals surface area (Å²) in [6.07, 6.45) is 1.83. The van der Waals surface area contributed by atoms with E-state index in [1.807, 2.05) is 0 Å². The van der Waals surface area contributed by atoms with Gasteiger partial charge < -0.3 is 19.4 Å². The number of ether oxygens (including phenoxy) is 1. The number of hydrogen-bond donors (Lipinski definition) is 1. The predicted molar refractivity (Wildman–Crippen MR) is 69.3 cm³/mol. The number of methoxy groups -OCH3 is 1. The van der Waals surface area contributed by atoms with E-state index in [2.05, 4.69) is 5.32 Å². The summed E-state index contributed by atoms with van der Waals surface area (Å²) in [5.74, 6) is 0.534. The molecule has 0 aliphatic carbocycles. The quantitative estimate of drug-likeness (QED) is 0.756. The fraction of sp³-hybridized carbons (Fsp3) is 0.538. The van der Waals surface area contributed by atoms with Gasteiger partial charge in [-0.1, -0.05) is 0 Å². The normalized spacial score (nSPS) is 10.2. The molecule has 106 valence electrons. The lowest BCUT2D eigenvalue weighted by molar-refractivity contribution is -0.130. The van der Waals surface area contributed by atoms with Crippen LogP contribution in [0.1, 0.15) is 19.1 Å². The molecule has 19 heavy (non-hydrogen) atoms. The molecule has 0 aromatic carbocycles. The molecule has 0 aliphatic rings. The minimum atomic E-state index is -0.111. The monoisotopic (exact) mass is 268 g/mol. The summed E-state index contributed by atoms with van der Waals surface area (Å²) in [5, 5.41) is 2.73. The van der Waals surface area contributed by atoms with Crippen molar-refractivity contribution in [2.45, 2.75) is 19.9 Å². The number of furan rings is 1. The Morgan fingerprint density at radius 2 is 2.21 bits per heavy atom. The molecule has 0 aliphatic heterocycles. The maximum Gasteiger partial charge on any atom is 0.222 e. The third-order valence-electron chi connectivity index (χ3n) is 2.66. The van der Waals surface area contributed by atoms with E-state index in [9.17, 15) is 9.59 Å². The van der Waals surface area contributed by atoms with Gasteiger partial charge in [0.25, 0.3) is 0 Å². The Kier molecular flexibility index (Phi) is 6.67. The molecule has 0 saturated carbocycles. The Morgan fingerprint density at radius 3 is 2.79 bits per heavy atom. The van der Waals surface area contributed by atoms with Crippen LogP contribution in [0.15, 0.2) is 22.8 Å². The van der Waals surface area contributed by atoms with Crippen molar-refractivity contribution in [2.75, 3.05) is 26.8 Å². The standard InChI is InChI=1S/C13H20N2O4/c1-11(16)15(7-9-18-2)6-5-13(17)14-10-12-4-3-8-19-12/h3-4,8H,5-7,9-10H2,1-2H3,(H,14,17). The molecular formula is C13H20N2O4. The Bertz CT molecular complexity index is 389. The van der Waals surface area contributed by atoms with Crippen molar-refractivity contribution in [2.24, 2.45) is 0 Å². The average molecular weight is 268 g/mol. The van der Waals surface area contributed by atoms with E-state index >= 15 is 0 Å². The van der Waals surface area contributed by atoms with Crippen LogP contribution in [0.4, 0.5) is 0 Å². The van der Waals surface area contributed by atoms with Gasteiger partial charge in [-0.3, -0.25) is 9.59 Å². The van der Waals surface area contributed by atoms with Crippen LogP contribution in [0.5, 0.6) is 0 Å². The number of hydrogen-bond acceptors (Lipinski definition) is 4. The minimum Gasteiger partial charge on any atom is -0.467 e. The largest absolute Gasteiger partial charge is 0.467 e. The van der Waals surface area contributed by atoms with Crippen LogP contribution in [0.2, 0.25) is 0 Å². The number of rotatable bonds is 8. The Balaban J connectivity index is 2.25. The Morgan fingerprint density at radius 1 is 1.42 bits per heavy atom. The lowest BCUT2D eigenvalue weighted by Crippen LogP contribution is -2.35.